The minimum atomic E-state index is 0.102. The lowest BCUT2D eigenvalue weighted by Gasteiger charge is -1.99. The number of hydrogen-bond donors (Lipinski definition) is 0. The molecule has 0 rings (SSSR count). The first-order chi connectivity index (χ1) is 5.31. The summed E-state index contributed by atoms with van der Waals surface area (Å²) in [6, 6.07) is 0. The Bertz CT molecular complexity index is 119. The molecule has 64 valence electrons. The molecule has 0 heterocycles. The molecule has 0 saturated carbocycles. The van der Waals surface area contributed by atoms with Gasteiger partial charge >= 0.3 is 0 Å². The zero-order valence-corrected chi connectivity index (χ0v) is 7.14. The van der Waals surface area contributed by atoms with Crippen LogP contribution in [-0.2, 0) is 9.53 Å². The third-order valence-electron chi connectivity index (χ3n) is 1.29. The van der Waals surface area contributed by atoms with Gasteiger partial charge in [0.1, 0.15) is 0 Å². The standard InChI is InChI=1S/C9H16O2/c1-3-7-11-8-5-6-9(10)4-2/h4H,2-3,5-8H2,1H3. The van der Waals surface area contributed by atoms with Gasteiger partial charge in [0.05, 0.1) is 0 Å². The Balaban J connectivity index is 3.01. The van der Waals surface area contributed by atoms with Crippen LogP contribution in [0.2, 0.25) is 0 Å². The Morgan fingerprint density at radius 2 is 2.27 bits per heavy atom. The van der Waals surface area contributed by atoms with Gasteiger partial charge < -0.3 is 4.74 Å². The first-order valence-corrected chi connectivity index (χ1v) is 4.04. The van der Waals surface area contributed by atoms with Crippen molar-refractivity contribution in [1.82, 2.24) is 0 Å². The molecule has 0 unspecified atom stereocenters. The summed E-state index contributed by atoms with van der Waals surface area (Å²) in [5.74, 6) is 0.102. The van der Waals surface area contributed by atoms with Crippen LogP contribution in [-0.4, -0.2) is 19.0 Å². The van der Waals surface area contributed by atoms with Crippen molar-refractivity contribution in [3.05, 3.63) is 12.7 Å². The first kappa shape index (κ1) is 10.4. The van der Waals surface area contributed by atoms with Gasteiger partial charge in [-0.25, -0.2) is 0 Å². The summed E-state index contributed by atoms with van der Waals surface area (Å²) >= 11 is 0. The normalized spacial score (nSPS) is 9.55. The van der Waals surface area contributed by atoms with E-state index in [4.69, 9.17) is 4.74 Å². The van der Waals surface area contributed by atoms with Gasteiger partial charge in [-0.3, -0.25) is 4.79 Å². The Labute approximate surface area is 68.2 Å². The molecule has 0 bridgehead atoms. The number of ketones is 1. The van der Waals surface area contributed by atoms with Gasteiger partial charge in [0, 0.05) is 19.6 Å². The van der Waals surface area contributed by atoms with E-state index in [-0.39, 0.29) is 5.78 Å². The van der Waals surface area contributed by atoms with Crippen molar-refractivity contribution in [1.29, 1.82) is 0 Å². The quantitative estimate of drug-likeness (QED) is 0.416. The summed E-state index contributed by atoms with van der Waals surface area (Å²) in [4.78, 5) is 10.7. The second-order valence-corrected chi connectivity index (χ2v) is 2.39. The summed E-state index contributed by atoms with van der Waals surface area (Å²) in [7, 11) is 0. The molecule has 0 aromatic heterocycles. The maximum absolute atomic E-state index is 10.7. The molecule has 0 aliphatic rings. The summed E-state index contributed by atoms with van der Waals surface area (Å²) in [5.41, 5.74) is 0. The molecule has 0 fully saturated rings. The second-order valence-electron chi connectivity index (χ2n) is 2.39. The average Bonchev–Trinajstić information content (AvgIpc) is 2.04. The van der Waals surface area contributed by atoms with E-state index >= 15 is 0 Å². The van der Waals surface area contributed by atoms with E-state index in [1.807, 2.05) is 0 Å². The lowest BCUT2D eigenvalue weighted by molar-refractivity contribution is -0.114. The van der Waals surface area contributed by atoms with Crippen LogP contribution in [0.15, 0.2) is 12.7 Å². The summed E-state index contributed by atoms with van der Waals surface area (Å²) in [6.07, 6.45) is 3.77. The van der Waals surface area contributed by atoms with E-state index in [1.165, 1.54) is 6.08 Å². The molecule has 0 aliphatic carbocycles. The zero-order valence-electron chi connectivity index (χ0n) is 7.14. The highest BCUT2D eigenvalue weighted by atomic mass is 16.5. The molecule has 0 radical (unpaired) electrons. The molecule has 0 atom stereocenters. The Hall–Kier alpha value is -0.630. The Kier molecular flexibility index (Phi) is 7.05. The number of carbonyl (C=O) groups excluding carboxylic acids is 1. The van der Waals surface area contributed by atoms with Crippen molar-refractivity contribution in [3.63, 3.8) is 0 Å². The Morgan fingerprint density at radius 3 is 2.82 bits per heavy atom. The number of carbonyl (C=O) groups is 1. The molecule has 0 amide bonds. The van der Waals surface area contributed by atoms with Crippen molar-refractivity contribution in [3.8, 4) is 0 Å². The van der Waals surface area contributed by atoms with Crippen molar-refractivity contribution in [2.75, 3.05) is 13.2 Å². The van der Waals surface area contributed by atoms with Gasteiger partial charge in [-0.15, -0.1) is 0 Å². The number of hydrogen-bond acceptors (Lipinski definition) is 2. The summed E-state index contributed by atoms with van der Waals surface area (Å²) in [6.45, 7) is 6.93. The molecule has 0 saturated heterocycles. The SMILES string of the molecule is C=CC(=O)CCCOCCC. The van der Waals surface area contributed by atoms with E-state index in [0.717, 1.165) is 19.4 Å². The van der Waals surface area contributed by atoms with Crippen LogP contribution in [0.5, 0.6) is 0 Å². The van der Waals surface area contributed by atoms with E-state index in [0.29, 0.717) is 13.0 Å². The molecule has 0 aromatic carbocycles. The fourth-order valence-corrected chi connectivity index (χ4v) is 0.697. The highest BCUT2D eigenvalue weighted by Crippen LogP contribution is 1.93. The molecule has 0 spiro atoms. The number of ether oxygens (including phenoxy) is 1. The highest BCUT2D eigenvalue weighted by Gasteiger charge is 1.94. The first-order valence-electron chi connectivity index (χ1n) is 4.04. The van der Waals surface area contributed by atoms with Crippen molar-refractivity contribution >= 4 is 5.78 Å². The third kappa shape index (κ3) is 7.26. The van der Waals surface area contributed by atoms with Crippen LogP contribution in [0.25, 0.3) is 0 Å². The average molecular weight is 156 g/mol. The monoisotopic (exact) mass is 156 g/mol. The predicted octanol–water partition coefficient (Wildman–Crippen LogP) is 1.95. The minimum Gasteiger partial charge on any atom is -0.381 e. The lowest BCUT2D eigenvalue weighted by atomic mass is 10.2. The number of rotatable bonds is 7. The zero-order chi connectivity index (χ0) is 8.53. The fraction of sp³-hybridized carbons (Fsp3) is 0.667. The topological polar surface area (TPSA) is 26.3 Å². The van der Waals surface area contributed by atoms with Crippen molar-refractivity contribution in [2.45, 2.75) is 26.2 Å². The fourth-order valence-electron chi connectivity index (χ4n) is 0.697. The van der Waals surface area contributed by atoms with Crippen LogP contribution < -0.4 is 0 Å². The van der Waals surface area contributed by atoms with Crippen LogP contribution in [0.3, 0.4) is 0 Å². The van der Waals surface area contributed by atoms with Gasteiger partial charge in [0.25, 0.3) is 0 Å². The Morgan fingerprint density at radius 1 is 1.55 bits per heavy atom. The molecular weight excluding hydrogens is 140 g/mol. The van der Waals surface area contributed by atoms with Crippen LogP contribution >= 0.6 is 0 Å². The van der Waals surface area contributed by atoms with E-state index in [1.54, 1.807) is 0 Å². The molecular formula is C9H16O2. The van der Waals surface area contributed by atoms with Gasteiger partial charge in [-0.05, 0) is 18.9 Å². The van der Waals surface area contributed by atoms with Crippen molar-refractivity contribution < 1.29 is 9.53 Å². The minimum absolute atomic E-state index is 0.102. The van der Waals surface area contributed by atoms with Gasteiger partial charge in [0.2, 0.25) is 0 Å². The van der Waals surface area contributed by atoms with Gasteiger partial charge in [0.15, 0.2) is 5.78 Å². The van der Waals surface area contributed by atoms with Crippen LogP contribution in [0, 0.1) is 0 Å². The largest absolute Gasteiger partial charge is 0.381 e. The summed E-state index contributed by atoms with van der Waals surface area (Å²) in [5, 5.41) is 0. The predicted molar refractivity (Wildman–Crippen MR) is 45.5 cm³/mol. The smallest absolute Gasteiger partial charge is 0.155 e. The molecule has 2 nitrogen and oxygen atoms in total. The van der Waals surface area contributed by atoms with E-state index < -0.39 is 0 Å². The molecule has 0 aliphatic heterocycles. The third-order valence-corrected chi connectivity index (χ3v) is 1.29. The highest BCUT2D eigenvalue weighted by molar-refractivity contribution is 5.88. The molecule has 0 N–H and O–H groups in total. The van der Waals surface area contributed by atoms with Crippen LogP contribution in [0.4, 0.5) is 0 Å². The summed E-state index contributed by atoms with van der Waals surface area (Å²) < 4.78 is 5.19. The van der Waals surface area contributed by atoms with Crippen molar-refractivity contribution in [2.24, 2.45) is 0 Å². The van der Waals surface area contributed by atoms with Crippen LogP contribution in [0.1, 0.15) is 26.2 Å². The molecule has 2 heteroatoms. The van der Waals surface area contributed by atoms with E-state index in [9.17, 15) is 4.79 Å². The van der Waals surface area contributed by atoms with E-state index in [2.05, 4.69) is 13.5 Å². The molecule has 11 heavy (non-hydrogen) atoms. The lowest BCUT2D eigenvalue weighted by Crippen LogP contribution is -1.99. The van der Waals surface area contributed by atoms with Gasteiger partial charge in [-0.1, -0.05) is 13.5 Å². The second kappa shape index (κ2) is 7.48. The van der Waals surface area contributed by atoms with Gasteiger partial charge in [-0.2, -0.15) is 0 Å². The molecule has 0 aromatic rings. The maximum atomic E-state index is 10.7. The maximum Gasteiger partial charge on any atom is 0.155 e. The number of allylic oxidation sites excluding steroid dienone is 1.